The Morgan fingerprint density at radius 2 is 2.05 bits per heavy atom. The largest absolute Gasteiger partial charge is 0.385 e. The Balaban J connectivity index is 1.95. The van der Waals surface area contributed by atoms with Crippen LogP contribution in [0.1, 0.15) is 42.6 Å². The molecule has 1 fully saturated rings. The lowest BCUT2D eigenvalue weighted by Crippen LogP contribution is -2.39. The molecule has 2 rings (SSSR count). The lowest BCUT2D eigenvalue weighted by atomic mass is 9.82. The van der Waals surface area contributed by atoms with Gasteiger partial charge in [0.25, 0.3) is 5.91 Å². The molecule has 1 aliphatic heterocycles. The topological polar surface area (TPSA) is 50.4 Å². The van der Waals surface area contributed by atoms with Gasteiger partial charge < -0.3 is 15.4 Å². The van der Waals surface area contributed by atoms with E-state index in [-0.39, 0.29) is 11.3 Å². The fourth-order valence-corrected chi connectivity index (χ4v) is 2.63. The molecule has 4 nitrogen and oxygen atoms in total. The van der Waals surface area contributed by atoms with Crippen molar-refractivity contribution in [3.05, 3.63) is 29.3 Å². The Bertz CT molecular complexity index is 494. The van der Waals surface area contributed by atoms with Crippen LogP contribution in [0.25, 0.3) is 0 Å². The quantitative estimate of drug-likeness (QED) is 0.876. The summed E-state index contributed by atoms with van der Waals surface area (Å²) >= 11 is 0. The SMILES string of the molecule is CCNc1ccc(C(=O)NCC2(C)CCOCC2)cc1C. The first-order valence-corrected chi connectivity index (χ1v) is 7.74. The van der Waals surface area contributed by atoms with Gasteiger partial charge in [0, 0.05) is 37.6 Å². The fraction of sp³-hybridized carbons (Fsp3) is 0.588. The lowest BCUT2D eigenvalue weighted by Gasteiger charge is -2.33. The summed E-state index contributed by atoms with van der Waals surface area (Å²) in [6.07, 6.45) is 2.01. The smallest absolute Gasteiger partial charge is 0.251 e. The Hall–Kier alpha value is -1.55. The summed E-state index contributed by atoms with van der Waals surface area (Å²) in [6, 6.07) is 5.80. The van der Waals surface area contributed by atoms with Crippen LogP contribution in [0, 0.1) is 12.3 Å². The van der Waals surface area contributed by atoms with Crippen molar-refractivity contribution in [3.63, 3.8) is 0 Å². The van der Waals surface area contributed by atoms with Gasteiger partial charge in [-0.15, -0.1) is 0 Å². The minimum absolute atomic E-state index is 0.00821. The van der Waals surface area contributed by atoms with Crippen LogP contribution < -0.4 is 10.6 Å². The van der Waals surface area contributed by atoms with Crippen LogP contribution in [0.15, 0.2) is 18.2 Å². The van der Waals surface area contributed by atoms with Crippen molar-refractivity contribution in [1.29, 1.82) is 0 Å². The summed E-state index contributed by atoms with van der Waals surface area (Å²) in [5.41, 5.74) is 3.07. The van der Waals surface area contributed by atoms with Crippen LogP contribution in [-0.4, -0.2) is 32.2 Å². The molecule has 0 atom stereocenters. The second kappa shape index (κ2) is 6.94. The van der Waals surface area contributed by atoms with Gasteiger partial charge in [-0.25, -0.2) is 0 Å². The van der Waals surface area contributed by atoms with Gasteiger partial charge in [0.1, 0.15) is 0 Å². The van der Waals surface area contributed by atoms with Crippen molar-refractivity contribution < 1.29 is 9.53 Å². The van der Waals surface area contributed by atoms with Gasteiger partial charge >= 0.3 is 0 Å². The zero-order valence-electron chi connectivity index (χ0n) is 13.3. The van der Waals surface area contributed by atoms with E-state index in [1.807, 2.05) is 25.1 Å². The number of amides is 1. The molecule has 4 heteroatoms. The molecule has 1 aromatic rings. The van der Waals surface area contributed by atoms with Gasteiger partial charge in [-0.1, -0.05) is 6.92 Å². The molecule has 1 heterocycles. The van der Waals surface area contributed by atoms with Crippen molar-refractivity contribution in [3.8, 4) is 0 Å². The number of hydrogen-bond acceptors (Lipinski definition) is 3. The zero-order valence-corrected chi connectivity index (χ0v) is 13.3. The second-order valence-corrected chi connectivity index (χ2v) is 6.17. The summed E-state index contributed by atoms with van der Waals surface area (Å²) in [5, 5.41) is 6.36. The standard InChI is InChI=1S/C17H26N2O2/c1-4-18-15-6-5-14(11-13(15)2)16(20)19-12-17(3)7-9-21-10-8-17/h5-6,11,18H,4,7-10,12H2,1-3H3,(H,19,20). The van der Waals surface area contributed by atoms with E-state index in [9.17, 15) is 4.79 Å². The summed E-state index contributed by atoms with van der Waals surface area (Å²) in [7, 11) is 0. The van der Waals surface area contributed by atoms with E-state index in [1.54, 1.807) is 0 Å². The molecule has 0 aliphatic carbocycles. The number of hydrogen-bond donors (Lipinski definition) is 2. The van der Waals surface area contributed by atoms with Gasteiger partial charge in [0.2, 0.25) is 0 Å². The van der Waals surface area contributed by atoms with Crippen molar-refractivity contribution in [2.24, 2.45) is 5.41 Å². The number of carbonyl (C=O) groups excluding carboxylic acids is 1. The van der Waals surface area contributed by atoms with Crippen LogP contribution in [0.2, 0.25) is 0 Å². The van der Waals surface area contributed by atoms with Crippen LogP contribution in [0.3, 0.4) is 0 Å². The van der Waals surface area contributed by atoms with Crippen LogP contribution >= 0.6 is 0 Å². The summed E-state index contributed by atoms with van der Waals surface area (Å²) in [6.45, 7) is 9.49. The molecule has 1 saturated heterocycles. The first-order valence-electron chi connectivity index (χ1n) is 7.74. The van der Waals surface area contributed by atoms with Crippen LogP contribution in [0.4, 0.5) is 5.69 Å². The zero-order chi connectivity index (χ0) is 15.3. The number of aryl methyl sites for hydroxylation is 1. The third-order valence-electron chi connectivity index (χ3n) is 4.23. The van der Waals surface area contributed by atoms with Crippen molar-refractivity contribution in [2.75, 3.05) is 31.6 Å². The molecule has 1 aromatic carbocycles. The normalized spacial score (nSPS) is 17.3. The van der Waals surface area contributed by atoms with Crippen molar-refractivity contribution >= 4 is 11.6 Å². The second-order valence-electron chi connectivity index (χ2n) is 6.17. The van der Waals surface area contributed by atoms with Crippen LogP contribution in [0.5, 0.6) is 0 Å². The Labute approximate surface area is 127 Å². The van der Waals surface area contributed by atoms with Gasteiger partial charge in [0.15, 0.2) is 0 Å². The molecule has 0 bridgehead atoms. The summed E-state index contributed by atoms with van der Waals surface area (Å²) in [5.74, 6) is 0.00821. The van der Waals surface area contributed by atoms with E-state index in [0.717, 1.165) is 49.4 Å². The number of rotatable bonds is 5. The number of carbonyl (C=O) groups is 1. The monoisotopic (exact) mass is 290 g/mol. The highest BCUT2D eigenvalue weighted by Gasteiger charge is 2.27. The molecule has 2 N–H and O–H groups in total. The highest BCUT2D eigenvalue weighted by molar-refractivity contribution is 5.94. The predicted octanol–water partition coefficient (Wildman–Crippen LogP) is 2.97. The first kappa shape index (κ1) is 15.8. The average Bonchev–Trinajstić information content (AvgIpc) is 2.48. The third-order valence-corrected chi connectivity index (χ3v) is 4.23. The van der Waals surface area contributed by atoms with Gasteiger partial charge in [-0.2, -0.15) is 0 Å². The number of nitrogens with one attached hydrogen (secondary N) is 2. The van der Waals surface area contributed by atoms with E-state index >= 15 is 0 Å². The Morgan fingerprint density at radius 3 is 2.67 bits per heavy atom. The molecular weight excluding hydrogens is 264 g/mol. The van der Waals surface area contributed by atoms with E-state index in [0.29, 0.717) is 6.54 Å². The van der Waals surface area contributed by atoms with E-state index in [1.165, 1.54) is 0 Å². The predicted molar refractivity (Wildman–Crippen MR) is 85.8 cm³/mol. The number of anilines is 1. The molecular formula is C17H26N2O2. The molecule has 0 aromatic heterocycles. The lowest BCUT2D eigenvalue weighted by molar-refractivity contribution is 0.0238. The minimum Gasteiger partial charge on any atom is -0.385 e. The van der Waals surface area contributed by atoms with Crippen molar-refractivity contribution in [1.82, 2.24) is 5.32 Å². The molecule has 0 saturated carbocycles. The molecule has 0 spiro atoms. The summed E-state index contributed by atoms with van der Waals surface area (Å²) in [4.78, 5) is 12.3. The maximum absolute atomic E-state index is 12.3. The Kier molecular flexibility index (Phi) is 5.23. The fourth-order valence-electron chi connectivity index (χ4n) is 2.63. The number of benzene rings is 1. The first-order chi connectivity index (χ1) is 10.0. The Morgan fingerprint density at radius 1 is 1.33 bits per heavy atom. The van der Waals surface area contributed by atoms with Crippen molar-refractivity contribution in [2.45, 2.75) is 33.6 Å². The van der Waals surface area contributed by atoms with Gasteiger partial charge in [-0.3, -0.25) is 4.79 Å². The van der Waals surface area contributed by atoms with E-state index < -0.39 is 0 Å². The van der Waals surface area contributed by atoms with E-state index in [4.69, 9.17) is 4.74 Å². The third kappa shape index (κ3) is 4.21. The maximum Gasteiger partial charge on any atom is 0.251 e. The molecule has 1 amide bonds. The van der Waals surface area contributed by atoms with Crippen LogP contribution in [-0.2, 0) is 4.74 Å². The van der Waals surface area contributed by atoms with E-state index in [2.05, 4.69) is 24.5 Å². The molecule has 21 heavy (non-hydrogen) atoms. The number of ether oxygens (including phenoxy) is 1. The molecule has 0 radical (unpaired) electrons. The average molecular weight is 290 g/mol. The van der Waals surface area contributed by atoms with Gasteiger partial charge in [0.05, 0.1) is 0 Å². The maximum atomic E-state index is 12.3. The highest BCUT2D eigenvalue weighted by atomic mass is 16.5. The molecule has 116 valence electrons. The minimum atomic E-state index is 0.00821. The molecule has 0 unspecified atom stereocenters. The molecule has 1 aliphatic rings. The summed E-state index contributed by atoms with van der Waals surface area (Å²) < 4.78 is 5.39. The highest BCUT2D eigenvalue weighted by Crippen LogP contribution is 2.28. The van der Waals surface area contributed by atoms with Gasteiger partial charge in [-0.05, 0) is 55.9 Å².